The van der Waals surface area contributed by atoms with E-state index >= 15 is 0 Å². The molecule has 0 bridgehead atoms. The highest BCUT2D eigenvalue weighted by Gasteiger charge is 2.30. The van der Waals surface area contributed by atoms with E-state index in [1.54, 1.807) is 6.20 Å². The van der Waals surface area contributed by atoms with Crippen molar-refractivity contribution in [1.29, 1.82) is 0 Å². The lowest BCUT2D eigenvalue weighted by Crippen LogP contribution is -2.04. The molecule has 1 aliphatic heterocycles. The van der Waals surface area contributed by atoms with Gasteiger partial charge in [0.15, 0.2) is 0 Å². The lowest BCUT2D eigenvalue weighted by molar-refractivity contribution is -0.137. The lowest BCUT2D eigenvalue weighted by atomic mass is 10.1. The van der Waals surface area contributed by atoms with Crippen LogP contribution in [0.4, 0.5) is 30.2 Å². The van der Waals surface area contributed by atoms with Crippen LogP contribution < -0.4 is 10.6 Å². The Morgan fingerprint density at radius 3 is 2.58 bits per heavy atom. The maximum Gasteiger partial charge on any atom is 0.416 e. The van der Waals surface area contributed by atoms with Gasteiger partial charge in [-0.3, -0.25) is 4.79 Å². The Kier molecular flexibility index (Phi) is 4.92. The Morgan fingerprint density at radius 2 is 1.78 bits per heavy atom. The quantitative estimate of drug-likeness (QED) is 0.211. The summed E-state index contributed by atoms with van der Waals surface area (Å²) in [6.07, 6.45) is -0.813. The minimum absolute atomic E-state index is 0.169. The van der Waals surface area contributed by atoms with Crippen LogP contribution in [0.25, 0.3) is 34.1 Å². The summed E-state index contributed by atoms with van der Waals surface area (Å²) in [5.41, 5.74) is 5.23. The van der Waals surface area contributed by atoms with Crippen LogP contribution in [0, 0.1) is 0 Å². The van der Waals surface area contributed by atoms with Crippen LogP contribution in [0.15, 0.2) is 79.0 Å². The van der Waals surface area contributed by atoms with Gasteiger partial charge in [-0.05, 0) is 60.7 Å². The minimum atomic E-state index is -4.42. The van der Waals surface area contributed by atoms with Crippen molar-refractivity contribution in [2.75, 3.05) is 10.6 Å². The van der Waals surface area contributed by atoms with E-state index in [1.807, 2.05) is 60.7 Å². The zero-order valence-electron chi connectivity index (χ0n) is 18.6. The second-order valence-corrected chi connectivity index (χ2v) is 8.42. The summed E-state index contributed by atoms with van der Waals surface area (Å²) in [5, 5.41) is 6.21. The highest BCUT2D eigenvalue weighted by atomic mass is 19.4. The largest absolute Gasteiger partial charge is 0.416 e. The third kappa shape index (κ3) is 4.00. The Morgan fingerprint density at radius 1 is 0.917 bits per heavy atom. The van der Waals surface area contributed by atoms with Crippen LogP contribution >= 0.6 is 0 Å². The molecule has 9 heteroatoms. The second-order valence-electron chi connectivity index (χ2n) is 8.42. The van der Waals surface area contributed by atoms with Crippen molar-refractivity contribution in [3.05, 3.63) is 95.8 Å². The summed E-state index contributed by atoms with van der Waals surface area (Å²) in [7, 11) is 0. The van der Waals surface area contributed by atoms with Gasteiger partial charge in [-0.25, -0.2) is 4.98 Å². The number of rotatable bonds is 4. The summed E-state index contributed by atoms with van der Waals surface area (Å²) in [5.74, 6) is 0.297. The Labute approximate surface area is 202 Å². The number of aromatic nitrogens is 3. The van der Waals surface area contributed by atoms with Crippen molar-refractivity contribution in [2.24, 2.45) is 0 Å². The van der Waals surface area contributed by atoms with Crippen molar-refractivity contribution in [1.82, 2.24) is 15.0 Å². The van der Waals surface area contributed by atoms with Gasteiger partial charge in [0.2, 0.25) is 0 Å². The standard InChI is InChI=1S/C27H18F3N5O/c28-27(29,30)16-6-9-22-24(12-16)34-25(33-22)15-3-1-4-18(11-15)32-19-7-8-20-21(13-17-5-2-10-31-17)26(36)35-23(20)14-19/h1-14,31-32H,(H,33,34)(H,35,36)/b21-13-. The lowest BCUT2D eigenvalue weighted by Gasteiger charge is -2.09. The number of fused-ring (bicyclic) bond motifs is 2. The monoisotopic (exact) mass is 485 g/mol. The normalized spacial score (nSPS) is 14.3. The number of nitrogens with zero attached hydrogens (tertiary/aromatic N) is 1. The number of anilines is 3. The van der Waals surface area contributed by atoms with Crippen LogP contribution in [-0.4, -0.2) is 20.9 Å². The summed E-state index contributed by atoms with van der Waals surface area (Å²) in [6, 6.07) is 20.2. The fourth-order valence-corrected chi connectivity index (χ4v) is 4.24. The Bertz CT molecular complexity index is 1650. The molecule has 2 aromatic heterocycles. The zero-order chi connectivity index (χ0) is 24.9. The van der Waals surface area contributed by atoms with Crippen molar-refractivity contribution in [3.63, 3.8) is 0 Å². The summed E-state index contributed by atoms with van der Waals surface area (Å²) in [4.78, 5) is 23.0. The fraction of sp³-hybridized carbons (Fsp3) is 0.0370. The van der Waals surface area contributed by atoms with E-state index in [0.717, 1.165) is 40.3 Å². The first-order valence-electron chi connectivity index (χ1n) is 11.1. The molecule has 1 aliphatic rings. The average Bonchev–Trinajstić information content (AvgIpc) is 3.58. The maximum absolute atomic E-state index is 13.0. The molecule has 6 nitrogen and oxygen atoms in total. The van der Waals surface area contributed by atoms with E-state index in [9.17, 15) is 18.0 Å². The van der Waals surface area contributed by atoms with E-state index in [4.69, 9.17) is 0 Å². The number of aromatic amines is 2. The van der Waals surface area contributed by atoms with Crippen LogP contribution in [0.3, 0.4) is 0 Å². The van der Waals surface area contributed by atoms with E-state index in [1.165, 1.54) is 6.07 Å². The summed E-state index contributed by atoms with van der Waals surface area (Å²) >= 11 is 0. The third-order valence-electron chi connectivity index (χ3n) is 5.96. The molecule has 0 unspecified atom stereocenters. The van der Waals surface area contributed by atoms with Gasteiger partial charge in [-0.1, -0.05) is 18.2 Å². The molecule has 1 amide bonds. The molecule has 0 saturated heterocycles. The highest BCUT2D eigenvalue weighted by molar-refractivity contribution is 6.35. The van der Waals surface area contributed by atoms with Crippen LogP contribution in [0.5, 0.6) is 0 Å². The SMILES string of the molecule is O=C1Nc2cc(Nc3cccc(-c4nc5ccc(C(F)(F)F)cc5[nH]4)c3)ccc2/C1=C/c1ccc[nH]1. The van der Waals surface area contributed by atoms with E-state index in [0.29, 0.717) is 28.1 Å². The van der Waals surface area contributed by atoms with Gasteiger partial charge < -0.3 is 20.6 Å². The molecule has 3 aromatic carbocycles. The van der Waals surface area contributed by atoms with Gasteiger partial charge in [0.25, 0.3) is 5.91 Å². The van der Waals surface area contributed by atoms with E-state index in [2.05, 4.69) is 25.6 Å². The molecule has 0 saturated carbocycles. The van der Waals surface area contributed by atoms with Crippen molar-refractivity contribution in [2.45, 2.75) is 6.18 Å². The van der Waals surface area contributed by atoms with Crippen LogP contribution in [0.2, 0.25) is 0 Å². The molecule has 4 N–H and O–H groups in total. The molecular weight excluding hydrogens is 467 g/mol. The molecular formula is C27H18F3N5O. The predicted molar refractivity (Wildman–Crippen MR) is 134 cm³/mol. The number of halogens is 3. The molecule has 0 aliphatic carbocycles. The van der Waals surface area contributed by atoms with Crippen LogP contribution in [-0.2, 0) is 11.0 Å². The van der Waals surface area contributed by atoms with Gasteiger partial charge in [0.1, 0.15) is 5.82 Å². The molecule has 178 valence electrons. The number of imidazole rings is 1. The number of hydrogen-bond donors (Lipinski definition) is 4. The number of amides is 1. The first kappa shape index (κ1) is 21.7. The second kappa shape index (κ2) is 8.16. The topological polar surface area (TPSA) is 85.6 Å². The Balaban J connectivity index is 1.26. The Hall–Kier alpha value is -4.79. The third-order valence-corrected chi connectivity index (χ3v) is 5.96. The number of carbonyl (C=O) groups excluding carboxylic acids is 1. The number of benzene rings is 3. The fourth-order valence-electron chi connectivity index (χ4n) is 4.24. The first-order valence-corrected chi connectivity index (χ1v) is 11.1. The van der Waals surface area contributed by atoms with E-state index in [-0.39, 0.29) is 5.91 Å². The highest BCUT2D eigenvalue weighted by Crippen LogP contribution is 2.36. The van der Waals surface area contributed by atoms with E-state index < -0.39 is 11.7 Å². The molecule has 3 heterocycles. The van der Waals surface area contributed by atoms with Crippen LogP contribution in [0.1, 0.15) is 16.8 Å². The zero-order valence-corrected chi connectivity index (χ0v) is 18.6. The van der Waals surface area contributed by atoms with Crippen molar-refractivity contribution >= 4 is 45.7 Å². The smallest absolute Gasteiger partial charge is 0.362 e. The van der Waals surface area contributed by atoms with Gasteiger partial charge in [-0.2, -0.15) is 13.2 Å². The number of alkyl halides is 3. The van der Waals surface area contributed by atoms with Gasteiger partial charge in [-0.15, -0.1) is 0 Å². The number of carbonyl (C=O) groups is 1. The molecule has 0 radical (unpaired) electrons. The van der Waals surface area contributed by atoms with Crippen molar-refractivity contribution in [3.8, 4) is 11.4 Å². The molecule has 0 fully saturated rings. The molecule has 0 spiro atoms. The van der Waals surface area contributed by atoms with Gasteiger partial charge >= 0.3 is 6.18 Å². The van der Waals surface area contributed by atoms with Crippen molar-refractivity contribution < 1.29 is 18.0 Å². The van der Waals surface area contributed by atoms with Gasteiger partial charge in [0, 0.05) is 34.4 Å². The maximum atomic E-state index is 13.0. The summed E-state index contributed by atoms with van der Waals surface area (Å²) < 4.78 is 39.1. The number of nitrogens with one attached hydrogen (secondary N) is 4. The molecule has 0 atom stereocenters. The predicted octanol–water partition coefficient (Wildman–Crippen LogP) is 6.81. The first-order chi connectivity index (χ1) is 17.3. The number of H-pyrrole nitrogens is 2. The number of hydrogen-bond acceptors (Lipinski definition) is 3. The summed E-state index contributed by atoms with van der Waals surface area (Å²) in [6.45, 7) is 0. The molecule has 5 aromatic rings. The van der Waals surface area contributed by atoms with Gasteiger partial charge in [0.05, 0.1) is 27.9 Å². The average molecular weight is 485 g/mol. The minimum Gasteiger partial charge on any atom is -0.362 e. The molecule has 36 heavy (non-hydrogen) atoms. The molecule has 6 rings (SSSR count).